The third-order valence-corrected chi connectivity index (χ3v) is 9.54. The summed E-state index contributed by atoms with van der Waals surface area (Å²) in [6.07, 6.45) is 6.52. The van der Waals surface area contributed by atoms with Gasteiger partial charge in [-0.2, -0.15) is 0 Å². The molecular formula is C16H23Cl2HfSi. The molecule has 0 heterocycles. The number of hydrogen-bond donors (Lipinski definition) is 0. The molecule has 20 heavy (non-hydrogen) atoms. The molecule has 0 N–H and O–H groups in total. The Morgan fingerprint density at radius 1 is 1.05 bits per heavy atom. The molecule has 2 aliphatic carbocycles. The van der Waals surface area contributed by atoms with Crippen molar-refractivity contribution in [3.63, 3.8) is 0 Å². The third-order valence-electron chi connectivity index (χ3n) is 4.45. The zero-order valence-corrected chi connectivity index (χ0v) is 18.9. The van der Waals surface area contributed by atoms with Crippen LogP contribution in [-0.2, 0) is 40.4 Å². The van der Waals surface area contributed by atoms with Crippen molar-refractivity contribution < 1.29 is 24.4 Å². The molecule has 0 spiro atoms. The monoisotopic (exact) mass is 493 g/mol. The quantitative estimate of drug-likeness (QED) is 0.481. The summed E-state index contributed by atoms with van der Waals surface area (Å²) in [7, 11) is -1.19. The van der Waals surface area contributed by atoms with Gasteiger partial charge in [-0.1, -0.05) is 0 Å². The predicted molar refractivity (Wildman–Crippen MR) is 91.6 cm³/mol. The zero-order chi connectivity index (χ0) is 13.1. The first kappa shape index (κ1) is 18.7. The van der Waals surface area contributed by atoms with Crippen LogP contribution in [0.15, 0.2) is 17.3 Å². The molecule has 1 aromatic carbocycles. The van der Waals surface area contributed by atoms with Crippen molar-refractivity contribution in [1.82, 2.24) is 0 Å². The molecule has 4 heteroatoms. The van der Waals surface area contributed by atoms with Gasteiger partial charge in [-0.15, -0.1) is 24.8 Å². The molecule has 0 radical (unpaired) electrons. The van der Waals surface area contributed by atoms with Crippen molar-refractivity contribution in [3.8, 4) is 0 Å². The van der Waals surface area contributed by atoms with Gasteiger partial charge in [-0.05, 0) is 0 Å². The van der Waals surface area contributed by atoms with Crippen LogP contribution in [0, 0.1) is 0 Å². The molecule has 0 aliphatic heterocycles. The second-order valence-corrected chi connectivity index (χ2v) is 15.6. The van der Waals surface area contributed by atoms with E-state index in [1.807, 2.05) is 0 Å². The SMILES string of the molecule is C[C]1([Hf])C([Si](C)(C)C)=Cc2cc3c(cc21)CCC3.Cl.Cl. The van der Waals surface area contributed by atoms with E-state index >= 15 is 0 Å². The van der Waals surface area contributed by atoms with E-state index in [0.29, 0.717) is 3.17 Å². The fourth-order valence-corrected chi connectivity index (χ4v) is 10.9. The molecule has 0 saturated heterocycles. The van der Waals surface area contributed by atoms with E-state index in [0.717, 1.165) is 0 Å². The van der Waals surface area contributed by atoms with Gasteiger partial charge in [0.25, 0.3) is 0 Å². The molecule has 1 atom stereocenters. The maximum absolute atomic E-state index is 2.55. The molecule has 0 nitrogen and oxygen atoms in total. The Kier molecular flexibility index (Phi) is 5.62. The number of halogens is 2. The molecule has 1 aromatic rings. The predicted octanol–water partition coefficient (Wildman–Crippen LogP) is 5.06. The van der Waals surface area contributed by atoms with Crippen LogP contribution >= 0.6 is 24.8 Å². The summed E-state index contributed by atoms with van der Waals surface area (Å²) in [5.41, 5.74) is 6.46. The average Bonchev–Trinajstić information content (AvgIpc) is 2.78. The van der Waals surface area contributed by atoms with Crippen molar-refractivity contribution in [3.05, 3.63) is 39.6 Å². The first-order valence-corrected chi connectivity index (χ1v) is 12.2. The standard InChI is InChI=1S/C16H21Si.2ClH.Hf/c1-11-15-9-13-7-5-6-12(13)8-14(15)10-16(11)17(2,3)4;;;/h8-10H,5-7H2,1-4H3;2*1H;. The molecule has 0 saturated carbocycles. The summed E-state index contributed by atoms with van der Waals surface area (Å²) in [5.74, 6) is 0. The van der Waals surface area contributed by atoms with Crippen molar-refractivity contribution in [2.75, 3.05) is 0 Å². The van der Waals surface area contributed by atoms with Crippen molar-refractivity contribution >= 4 is 39.0 Å². The molecule has 2 aliphatic rings. The number of rotatable bonds is 1. The Morgan fingerprint density at radius 2 is 1.60 bits per heavy atom. The number of fused-ring (bicyclic) bond motifs is 2. The van der Waals surface area contributed by atoms with Gasteiger partial charge in [0.15, 0.2) is 0 Å². The second kappa shape index (κ2) is 6.02. The number of benzene rings is 1. The summed E-state index contributed by atoms with van der Waals surface area (Å²) >= 11 is 1.24. The van der Waals surface area contributed by atoms with Crippen LogP contribution < -0.4 is 0 Å². The Bertz CT molecular complexity index is 556. The van der Waals surface area contributed by atoms with Gasteiger partial charge < -0.3 is 0 Å². The fourth-order valence-electron chi connectivity index (χ4n) is 3.61. The summed E-state index contributed by atoms with van der Waals surface area (Å²) in [6, 6.07) is 5.05. The Labute approximate surface area is 151 Å². The average molecular weight is 493 g/mol. The molecule has 0 amide bonds. The van der Waals surface area contributed by atoms with Crippen LogP contribution in [0.1, 0.15) is 35.6 Å². The van der Waals surface area contributed by atoms with Crippen LogP contribution in [-0.4, -0.2) is 8.07 Å². The largest absolute Gasteiger partial charge is 0.147 e. The summed E-state index contributed by atoms with van der Waals surface area (Å²) < 4.78 is 0.400. The minimum atomic E-state index is -1.19. The van der Waals surface area contributed by atoms with Gasteiger partial charge in [0.2, 0.25) is 0 Å². The minimum Gasteiger partial charge on any atom is -0.147 e. The van der Waals surface area contributed by atoms with Crippen LogP contribution in [0.3, 0.4) is 0 Å². The number of hydrogen-bond acceptors (Lipinski definition) is 0. The van der Waals surface area contributed by atoms with Gasteiger partial charge in [0, 0.05) is 0 Å². The Balaban J connectivity index is 0.000001000. The van der Waals surface area contributed by atoms with E-state index in [9.17, 15) is 0 Å². The van der Waals surface area contributed by atoms with Crippen LogP contribution in [0.2, 0.25) is 19.6 Å². The van der Waals surface area contributed by atoms with E-state index < -0.39 is 8.07 Å². The van der Waals surface area contributed by atoms with Gasteiger partial charge >= 0.3 is 127 Å². The summed E-state index contributed by atoms with van der Waals surface area (Å²) in [5, 5.41) is 1.78. The topological polar surface area (TPSA) is 0 Å². The molecule has 0 aromatic heterocycles. The second-order valence-electron chi connectivity index (χ2n) is 6.99. The van der Waals surface area contributed by atoms with Crippen LogP contribution in [0.4, 0.5) is 0 Å². The molecule has 3 rings (SSSR count). The number of aryl methyl sites for hydroxylation is 2. The normalized spacial score (nSPS) is 23.2. The van der Waals surface area contributed by atoms with E-state index in [2.05, 4.69) is 44.8 Å². The van der Waals surface area contributed by atoms with Crippen LogP contribution in [0.5, 0.6) is 0 Å². The molecule has 0 bridgehead atoms. The molecule has 1 unspecified atom stereocenters. The Hall–Kier alpha value is 0.627. The maximum atomic E-state index is 2.55. The first-order chi connectivity index (χ1) is 8.30. The van der Waals surface area contributed by atoms with Gasteiger partial charge in [-0.25, -0.2) is 0 Å². The minimum absolute atomic E-state index is 0. The maximum Gasteiger partial charge on any atom is -0.147 e. The fraction of sp³-hybridized carbons (Fsp3) is 0.500. The van der Waals surface area contributed by atoms with Crippen molar-refractivity contribution in [2.45, 2.75) is 49.0 Å². The van der Waals surface area contributed by atoms with Gasteiger partial charge in [-0.3, -0.25) is 0 Å². The third kappa shape index (κ3) is 2.91. The van der Waals surface area contributed by atoms with E-state index in [1.54, 1.807) is 27.5 Å². The molecular weight excluding hydrogens is 470 g/mol. The van der Waals surface area contributed by atoms with Gasteiger partial charge in [0.1, 0.15) is 0 Å². The van der Waals surface area contributed by atoms with E-state index in [-0.39, 0.29) is 24.8 Å². The zero-order valence-electron chi connectivity index (χ0n) is 12.7. The van der Waals surface area contributed by atoms with Crippen LogP contribution in [0.25, 0.3) is 6.08 Å². The summed E-state index contributed by atoms with van der Waals surface area (Å²) in [6.45, 7) is 9.97. The summed E-state index contributed by atoms with van der Waals surface area (Å²) in [4.78, 5) is 0. The first-order valence-electron chi connectivity index (χ1n) is 6.94. The van der Waals surface area contributed by atoms with Crippen molar-refractivity contribution in [1.29, 1.82) is 0 Å². The molecule has 0 fully saturated rings. The van der Waals surface area contributed by atoms with Gasteiger partial charge in [0.05, 0.1) is 0 Å². The molecule has 109 valence electrons. The smallest absolute Gasteiger partial charge is 0.147 e. The number of allylic oxidation sites excluding steroid dienone is 1. The van der Waals surface area contributed by atoms with Crippen molar-refractivity contribution in [2.24, 2.45) is 0 Å². The van der Waals surface area contributed by atoms with E-state index in [4.69, 9.17) is 0 Å². The Morgan fingerprint density at radius 3 is 2.15 bits per heavy atom. The van der Waals surface area contributed by atoms with E-state index in [1.165, 1.54) is 43.6 Å².